The van der Waals surface area contributed by atoms with E-state index in [1.807, 2.05) is 20.9 Å². The molecule has 0 bridgehead atoms. The van der Waals surface area contributed by atoms with Gasteiger partial charge in [0.05, 0.1) is 0 Å². The molecule has 0 spiro atoms. The van der Waals surface area contributed by atoms with Gasteiger partial charge in [0, 0.05) is 18.6 Å². The van der Waals surface area contributed by atoms with Gasteiger partial charge in [-0.25, -0.2) is 0 Å². The SMILES string of the molecule is CC.CCCC(C)(CO)CNC. The second-order valence-corrected chi connectivity index (χ2v) is 3.25. The third kappa shape index (κ3) is 6.62. The van der Waals surface area contributed by atoms with E-state index in [1.54, 1.807) is 0 Å². The lowest BCUT2D eigenvalue weighted by molar-refractivity contribution is 0.132. The molecule has 1 atom stereocenters. The van der Waals surface area contributed by atoms with Crippen molar-refractivity contribution in [1.29, 1.82) is 0 Å². The van der Waals surface area contributed by atoms with Crippen LogP contribution in [-0.4, -0.2) is 25.3 Å². The number of rotatable bonds is 5. The Hall–Kier alpha value is -0.0800. The van der Waals surface area contributed by atoms with Crippen LogP contribution >= 0.6 is 0 Å². The molecule has 0 radical (unpaired) electrons. The van der Waals surface area contributed by atoms with E-state index in [9.17, 15) is 0 Å². The average Bonchev–Trinajstić information content (AvgIpc) is 2.09. The first-order valence-corrected chi connectivity index (χ1v) is 4.94. The molecule has 1 unspecified atom stereocenters. The Labute approximate surface area is 77.4 Å². The van der Waals surface area contributed by atoms with Gasteiger partial charge in [0.15, 0.2) is 0 Å². The lowest BCUT2D eigenvalue weighted by Crippen LogP contribution is -2.32. The van der Waals surface area contributed by atoms with Crippen molar-refractivity contribution in [3.05, 3.63) is 0 Å². The van der Waals surface area contributed by atoms with Crippen LogP contribution in [0, 0.1) is 5.41 Å². The fourth-order valence-corrected chi connectivity index (χ4v) is 1.25. The normalized spacial score (nSPS) is 14.5. The molecule has 0 saturated heterocycles. The summed E-state index contributed by atoms with van der Waals surface area (Å²) in [5, 5.41) is 12.1. The van der Waals surface area contributed by atoms with Crippen LogP contribution in [0.2, 0.25) is 0 Å². The summed E-state index contributed by atoms with van der Waals surface area (Å²) in [6.07, 6.45) is 2.23. The Morgan fingerprint density at radius 2 is 1.83 bits per heavy atom. The zero-order chi connectivity index (χ0) is 10.0. The van der Waals surface area contributed by atoms with Crippen LogP contribution in [0.1, 0.15) is 40.5 Å². The molecule has 12 heavy (non-hydrogen) atoms. The van der Waals surface area contributed by atoms with Crippen LogP contribution in [0.3, 0.4) is 0 Å². The van der Waals surface area contributed by atoms with E-state index < -0.39 is 0 Å². The number of hydrogen-bond donors (Lipinski definition) is 2. The molecule has 0 rings (SSSR count). The highest BCUT2D eigenvalue weighted by atomic mass is 16.3. The molecular formula is C10H25NO. The molecule has 2 N–H and O–H groups in total. The second-order valence-electron chi connectivity index (χ2n) is 3.25. The summed E-state index contributed by atoms with van der Waals surface area (Å²) in [7, 11) is 1.92. The Morgan fingerprint density at radius 3 is 2.08 bits per heavy atom. The molecule has 2 heteroatoms. The first kappa shape index (κ1) is 14.4. The molecule has 0 aromatic rings. The van der Waals surface area contributed by atoms with Crippen molar-refractivity contribution in [1.82, 2.24) is 5.32 Å². The number of aliphatic hydroxyl groups excluding tert-OH is 1. The van der Waals surface area contributed by atoms with Crippen molar-refractivity contribution in [2.45, 2.75) is 40.5 Å². The van der Waals surface area contributed by atoms with Crippen molar-refractivity contribution in [2.75, 3.05) is 20.2 Å². The van der Waals surface area contributed by atoms with E-state index >= 15 is 0 Å². The van der Waals surface area contributed by atoms with Crippen LogP contribution in [0.5, 0.6) is 0 Å². The predicted molar refractivity (Wildman–Crippen MR) is 55.4 cm³/mol. The zero-order valence-electron chi connectivity index (χ0n) is 9.28. The summed E-state index contributed by atoms with van der Waals surface area (Å²) in [5.74, 6) is 0. The maximum absolute atomic E-state index is 9.01. The van der Waals surface area contributed by atoms with E-state index in [-0.39, 0.29) is 12.0 Å². The van der Waals surface area contributed by atoms with Gasteiger partial charge in [0.2, 0.25) is 0 Å². The third-order valence-electron chi connectivity index (χ3n) is 1.84. The molecule has 0 aromatic carbocycles. The van der Waals surface area contributed by atoms with Crippen LogP contribution in [-0.2, 0) is 0 Å². The van der Waals surface area contributed by atoms with Gasteiger partial charge >= 0.3 is 0 Å². The fraction of sp³-hybridized carbons (Fsp3) is 1.00. The number of hydrogen-bond acceptors (Lipinski definition) is 2. The Morgan fingerprint density at radius 1 is 1.33 bits per heavy atom. The standard InChI is InChI=1S/C8H19NO.C2H6/c1-4-5-8(2,7-10)6-9-3;1-2/h9-10H,4-7H2,1-3H3;1-2H3. The Kier molecular flexibility index (Phi) is 10.8. The van der Waals surface area contributed by atoms with Gasteiger partial charge in [-0.1, -0.05) is 34.1 Å². The van der Waals surface area contributed by atoms with Gasteiger partial charge in [-0.15, -0.1) is 0 Å². The molecule has 0 amide bonds. The largest absolute Gasteiger partial charge is 0.396 e. The summed E-state index contributed by atoms with van der Waals surface area (Å²) < 4.78 is 0. The number of nitrogens with one attached hydrogen (secondary N) is 1. The van der Waals surface area contributed by atoms with Gasteiger partial charge in [-0.3, -0.25) is 0 Å². The maximum Gasteiger partial charge on any atom is 0.0496 e. The lowest BCUT2D eigenvalue weighted by Gasteiger charge is -2.26. The lowest BCUT2D eigenvalue weighted by atomic mass is 9.87. The van der Waals surface area contributed by atoms with E-state index in [0.717, 1.165) is 19.4 Å². The zero-order valence-corrected chi connectivity index (χ0v) is 9.28. The van der Waals surface area contributed by atoms with Crippen LogP contribution in [0.25, 0.3) is 0 Å². The van der Waals surface area contributed by atoms with Crippen molar-refractivity contribution in [3.63, 3.8) is 0 Å². The minimum atomic E-state index is 0.0868. The van der Waals surface area contributed by atoms with Crippen LogP contribution in [0.15, 0.2) is 0 Å². The molecule has 0 aliphatic carbocycles. The average molecular weight is 175 g/mol. The summed E-state index contributed by atoms with van der Waals surface area (Å²) in [6, 6.07) is 0. The smallest absolute Gasteiger partial charge is 0.0496 e. The first-order valence-electron chi connectivity index (χ1n) is 4.94. The highest BCUT2D eigenvalue weighted by molar-refractivity contribution is 4.74. The second kappa shape index (κ2) is 9.01. The highest BCUT2D eigenvalue weighted by Crippen LogP contribution is 2.20. The van der Waals surface area contributed by atoms with Gasteiger partial charge in [0.25, 0.3) is 0 Å². The van der Waals surface area contributed by atoms with E-state index in [4.69, 9.17) is 5.11 Å². The Bertz CT molecular complexity index is 77.9. The third-order valence-corrected chi connectivity index (χ3v) is 1.84. The monoisotopic (exact) mass is 175 g/mol. The van der Waals surface area contributed by atoms with Gasteiger partial charge < -0.3 is 10.4 Å². The molecule has 0 aliphatic heterocycles. The molecular weight excluding hydrogens is 150 g/mol. The molecule has 0 heterocycles. The van der Waals surface area contributed by atoms with Crippen LogP contribution in [0.4, 0.5) is 0 Å². The van der Waals surface area contributed by atoms with E-state index in [1.165, 1.54) is 0 Å². The minimum Gasteiger partial charge on any atom is -0.396 e. The quantitative estimate of drug-likeness (QED) is 0.670. The summed E-state index contributed by atoms with van der Waals surface area (Å²) >= 11 is 0. The Balaban J connectivity index is 0. The highest BCUT2D eigenvalue weighted by Gasteiger charge is 2.20. The minimum absolute atomic E-state index is 0.0868. The van der Waals surface area contributed by atoms with Gasteiger partial charge in [-0.05, 0) is 13.5 Å². The van der Waals surface area contributed by atoms with Gasteiger partial charge in [-0.2, -0.15) is 0 Å². The summed E-state index contributed by atoms with van der Waals surface area (Å²) in [6.45, 7) is 9.43. The summed E-state index contributed by atoms with van der Waals surface area (Å²) in [5.41, 5.74) is 0.0868. The number of aliphatic hydroxyl groups is 1. The van der Waals surface area contributed by atoms with Gasteiger partial charge in [0.1, 0.15) is 0 Å². The molecule has 0 saturated carbocycles. The van der Waals surface area contributed by atoms with E-state index in [2.05, 4.69) is 19.2 Å². The first-order chi connectivity index (χ1) is 5.68. The van der Waals surface area contributed by atoms with Crippen molar-refractivity contribution >= 4 is 0 Å². The fourth-order valence-electron chi connectivity index (χ4n) is 1.25. The molecule has 2 nitrogen and oxygen atoms in total. The molecule has 0 aromatic heterocycles. The summed E-state index contributed by atoms with van der Waals surface area (Å²) in [4.78, 5) is 0. The van der Waals surface area contributed by atoms with E-state index in [0.29, 0.717) is 0 Å². The molecule has 0 aliphatic rings. The van der Waals surface area contributed by atoms with Crippen molar-refractivity contribution in [2.24, 2.45) is 5.41 Å². The molecule has 0 fully saturated rings. The van der Waals surface area contributed by atoms with Crippen molar-refractivity contribution < 1.29 is 5.11 Å². The van der Waals surface area contributed by atoms with Crippen molar-refractivity contribution in [3.8, 4) is 0 Å². The topological polar surface area (TPSA) is 32.3 Å². The maximum atomic E-state index is 9.01. The molecule has 76 valence electrons. The van der Waals surface area contributed by atoms with Crippen LogP contribution < -0.4 is 5.32 Å². The predicted octanol–water partition coefficient (Wildman–Crippen LogP) is 2.03.